The van der Waals surface area contributed by atoms with Crippen LogP contribution in [-0.4, -0.2) is 11.6 Å². The minimum Gasteiger partial charge on any atom is -0.294 e. The van der Waals surface area contributed by atoms with Crippen molar-refractivity contribution in [3.8, 4) is 0 Å². The molecule has 1 aromatic carbocycles. The van der Waals surface area contributed by atoms with Crippen molar-refractivity contribution in [3.63, 3.8) is 0 Å². The van der Waals surface area contributed by atoms with Crippen molar-refractivity contribution in [2.75, 3.05) is 0 Å². The van der Waals surface area contributed by atoms with Gasteiger partial charge in [0.1, 0.15) is 0 Å². The Balaban J connectivity index is 1.60. The number of aryl methyl sites for hydroxylation is 1. The van der Waals surface area contributed by atoms with Gasteiger partial charge >= 0.3 is 0 Å². The molecule has 2 heteroatoms. The van der Waals surface area contributed by atoms with E-state index in [1.807, 2.05) is 12.1 Å². The van der Waals surface area contributed by atoms with E-state index in [0.29, 0.717) is 23.0 Å². The summed E-state index contributed by atoms with van der Waals surface area (Å²) in [5, 5.41) is 0. The molecule has 23 heavy (non-hydrogen) atoms. The molecule has 1 aromatic rings. The second-order valence-corrected chi connectivity index (χ2v) is 7.42. The van der Waals surface area contributed by atoms with Crippen LogP contribution in [0.5, 0.6) is 0 Å². The molecule has 0 amide bonds. The zero-order chi connectivity index (χ0) is 16.0. The van der Waals surface area contributed by atoms with E-state index in [1.165, 1.54) is 24.8 Å². The van der Waals surface area contributed by atoms with Gasteiger partial charge in [-0.1, -0.05) is 50.5 Å². The van der Waals surface area contributed by atoms with Gasteiger partial charge in [0.05, 0.1) is 0 Å². The number of Topliss-reactive ketones (excluding diaryl/α,β-unsaturated/α-hetero) is 2. The average Bonchev–Trinajstić information content (AvgIpc) is 3.18. The topological polar surface area (TPSA) is 34.1 Å². The van der Waals surface area contributed by atoms with Gasteiger partial charge in [-0.2, -0.15) is 0 Å². The molecule has 120 valence electrons. The van der Waals surface area contributed by atoms with Crippen LogP contribution in [0.1, 0.15) is 65.3 Å². The Hall–Kier alpha value is -1.70. The standard InChI is InChI=1S/C21H24O2/c1-2-3-4-5-6-13-7-10-16-17(11-13)21(23)19-15-9-8-14(12-15)18(19)20(16)22/h7-11,14-15,18-19H,2-6,12H2,1H3. The molecule has 2 nitrogen and oxygen atoms in total. The first-order valence-electron chi connectivity index (χ1n) is 9.10. The van der Waals surface area contributed by atoms with Gasteiger partial charge in [0.25, 0.3) is 0 Å². The van der Waals surface area contributed by atoms with E-state index in [2.05, 4.69) is 25.1 Å². The van der Waals surface area contributed by atoms with E-state index in [-0.39, 0.29) is 23.4 Å². The van der Waals surface area contributed by atoms with Crippen molar-refractivity contribution in [3.05, 3.63) is 47.0 Å². The predicted molar refractivity (Wildman–Crippen MR) is 90.7 cm³/mol. The lowest BCUT2D eigenvalue weighted by Crippen LogP contribution is -2.38. The first-order valence-corrected chi connectivity index (χ1v) is 9.10. The van der Waals surface area contributed by atoms with Gasteiger partial charge in [0, 0.05) is 23.0 Å². The van der Waals surface area contributed by atoms with Gasteiger partial charge in [-0.15, -0.1) is 0 Å². The van der Waals surface area contributed by atoms with E-state index in [9.17, 15) is 9.59 Å². The third-order valence-corrected chi connectivity index (χ3v) is 6.00. The first-order chi connectivity index (χ1) is 11.2. The van der Waals surface area contributed by atoms with Crippen molar-refractivity contribution in [2.45, 2.75) is 45.4 Å². The van der Waals surface area contributed by atoms with Gasteiger partial charge in [-0.3, -0.25) is 9.59 Å². The first kappa shape index (κ1) is 14.9. The lowest BCUT2D eigenvalue weighted by atomic mass is 9.69. The summed E-state index contributed by atoms with van der Waals surface area (Å²) in [7, 11) is 0. The Morgan fingerprint density at radius 1 is 0.913 bits per heavy atom. The molecule has 4 rings (SSSR count). The van der Waals surface area contributed by atoms with Gasteiger partial charge in [0.15, 0.2) is 11.6 Å². The highest BCUT2D eigenvalue weighted by atomic mass is 16.1. The van der Waals surface area contributed by atoms with E-state index >= 15 is 0 Å². The molecule has 3 aliphatic carbocycles. The fraction of sp³-hybridized carbons (Fsp3) is 0.524. The highest BCUT2D eigenvalue weighted by Gasteiger charge is 2.54. The number of allylic oxidation sites excluding steroid dienone is 2. The number of unbranched alkanes of at least 4 members (excludes halogenated alkanes) is 3. The maximum absolute atomic E-state index is 13.0. The molecule has 4 unspecified atom stereocenters. The molecule has 0 radical (unpaired) electrons. The van der Waals surface area contributed by atoms with Gasteiger partial charge in [0.2, 0.25) is 0 Å². The Labute approximate surface area is 138 Å². The summed E-state index contributed by atoms with van der Waals surface area (Å²) in [5.74, 6) is 0.850. The summed E-state index contributed by atoms with van der Waals surface area (Å²) >= 11 is 0. The Kier molecular flexibility index (Phi) is 3.71. The molecule has 0 saturated heterocycles. The van der Waals surface area contributed by atoms with Crippen LogP contribution in [0, 0.1) is 23.7 Å². The quantitative estimate of drug-likeness (QED) is 0.587. The Bertz CT molecular complexity index is 685. The maximum atomic E-state index is 13.0. The average molecular weight is 308 g/mol. The maximum Gasteiger partial charge on any atom is 0.168 e. The summed E-state index contributed by atoms with van der Waals surface area (Å²) < 4.78 is 0. The fourth-order valence-corrected chi connectivity index (χ4v) is 4.82. The number of carbonyl (C=O) groups is 2. The van der Waals surface area contributed by atoms with Crippen molar-refractivity contribution in [1.82, 2.24) is 0 Å². The molecule has 1 saturated carbocycles. The molecular formula is C21H24O2. The molecule has 0 spiro atoms. The van der Waals surface area contributed by atoms with Gasteiger partial charge in [-0.25, -0.2) is 0 Å². The molecular weight excluding hydrogens is 284 g/mol. The lowest BCUT2D eigenvalue weighted by molar-refractivity contribution is 0.0720. The highest BCUT2D eigenvalue weighted by Crippen LogP contribution is 2.52. The van der Waals surface area contributed by atoms with Crippen molar-refractivity contribution >= 4 is 11.6 Å². The van der Waals surface area contributed by atoms with Crippen molar-refractivity contribution < 1.29 is 9.59 Å². The summed E-state index contributed by atoms with van der Waals surface area (Å²) in [4.78, 5) is 25.8. The molecule has 4 atom stereocenters. The van der Waals surface area contributed by atoms with E-state index in [0.717, 1.165) is 19.3 Å². The summed E-state index contributed by atoms with van der Waals surface area (Å²) in [6, 6.07) is 5.98. The molecule has 0 aliphatic heterocycles. The van der Waals surface area contributed by atoms with Crippen molar-refractivity contribution in [2.24, 2.45) is 23.7 Å². The summed E-state index contributed by atoms with van der Waals surface area (Å²) in [6.07, 6.45) is 11.2. The van der Waals surface area contributed by atoms with Gasteiger partial charge < -0.3 is 0 Å². The monoisotopic (exact) mass is 308 g/mol. The number of carbonyl (C=O) groups excluding carboxylic acids is 2. The third kappa shape index (κ3) is 2.31. The molecule has 1 fully saturated rings. The Morgan fingerprint density at radius 2 is 1.61 bits per heavy atom. The zero-order valence-corrected chi connectivity index (χ0v) is 13.8. The zero-order valence-electron chi connectivity index (χ0n) is 13.8. The summed E-state index contributed by atoms with van der Waals surface area (Å²) in [6.45, 7) is 2.21. The lowest BCUT2D eigenvalue weighted by Gasteiger charge is -2.31. The fourth-order valence-electron chi connectivity index (χ4n) is 4.82. The van der Waals surface area contributed by atoms with E-state index < -0.39 is 0 Å². The van der Waals surface area contributed by atoms with Crippen LogP contribution in [0.25, 0.3) is 0 Å². The highest BCUT2D eigenvalue weighted by molar-refractivity contribution is 6.16. The summed E-state index contributed by atoms with van der Waals surface area (Å²) in [5.41, 5.74) is 2.58. The van der Waals surface area contributed by atoms with Crippen LogP contribution in [0.15, 0.2) is 30.4 Å². The van der Waals surface area contributed by atoms with Crippen LogP contribution < -0.4 is 0 Å². The molecule has 0 heterocycles. The van der Waals surface area contributed by atoms with Crippen LogP contribution in [0.4, 0.5) is 0 Å². The second kappa shape index (κ2) is 5.74. The minimum atomic E-state index is -0.0830. The van der Waals surface area contributed by atoms with Gasteiger partial charge in [-0.05, 0) is 42.7 Å². The SMILES string of the molecule is CCCCCCc1ccc2c(c1)C(=O)C1C3C=CC(C3)C1C2=O. The third-order valence-electron chi connectivity index (χ3n) is 6.00. The van der Waals surface area contributed by atoms with Crippen LogP contribution >= 0.6 is 0 Å². The predicted octanol–water partition coefficient (Wildman–Crippen LogP) is 4.63. The number of hydrogen-bond donors (Lipinski definition) is 0. The normalized spacial score (nSPS) is 30.7. The second-order valence-electron chi connectivity index (χ2n) is 7.42. The van der Waals surface area contributed by atoms with E-state index in [4.69, 9.17) is 0 Å². The number of rotatable bonds is 5. The minimum absolute atomic E-state index is 0.0830. The Morgan fingerprint density at radius 3 is 2.30 bits per heavy atom. The molecule has 0 aromatic heterocycles. The van der Waals surface area contributed by atoms with Crippen LogP contribution in [-0.2, 0) is 6.42 Å². The largest absolute Gasteiger partial charge is 0.294 e. The number of hydrogen-bond acceptors (Lipinski definition) is 2. The smallest absolute Gasteiger partial charge is 0.168 e. The molecule has 0 N–H and O–H groups in total. The number of ketones is 2. The van der Waals surface area contributed by atoms with Crippen LogP contribution in [0.3, 0.4) is 0 Å². The molecule has 2 bridgehead atoms. The van der Waals surface area contributed by atoms with E-state index in [1.54, 1.807) is 0 Å². The number of fused-ring (bicyclic) bond motifs is 6. The van der Waals surface area contributed by atoms with Crippen molar-refractivity contribution in [1.29, 1.82) is 0 Å². The van der Waals surface area contributed by atoms with Crippen LogP contribution in [0.2, 0.25) is 0 Å². The molecule has 3 aliphatic rings. The number of benzene rings is 1.